The van der Waals surface area contributed by atoms with Crippen LogP contribution in [0.4, 0.5) is 5.69 Å². The van der Waals surface area contributed by atoms with E-state index in [1.807, 2.05) is 0 Å². The summed E-state index contributed by atoms with van der Waals surface area (Å²) in [6.07, 6.45) is 4.43. The molecule has 130 valence electrons. The fourth-order valence-corrected chi connectivity index (χ4v) is 2.91. The van der Waals surface area contributed by atoms with E-state index in [9.17, 15) is 9.59 Å². The van der Waals surface area contributed by atoms with Gasteiger partial charge < -0.3 is 14.1 Å². The first kappa shape index (κ1) is 16.1. The van der Waals surface area contributed by atoms with Gasteiger partial charge >= 0.3 is 5.97 Å². The van der Waals surface area contributed by atoms with E-state index in [4.69, 9.17) is 9.15 Å². The molecule has 26 heavy (non-hydrogen) atoms. The molecule has 4 rings (SSSR count). The number of nitrogens with zero attached hydrogens (tertiary/aromatic N) is 2. The van der Waals surface area contributed by atoms with Gasteiger partial charge in [0.2, 0.25) is 5.91 Å². The largest absolute Gasteiger partial charge is 0.444 e. The number of anilines is 1. The Morgan fingerprint density at radius 2 is 1.85 bits per heavy atom. The van der Waals surface area contributed by atoms with Crippen LogP contribution in [0.1, 0.15) is 23.2 Å². The molecule has 0 saturated carbocycles. The van der Waals surface area contributed by atoms with Crippen LogP contribution in [0, 0.1) is 0 Å². The number of esters is 1. The summed E-state index contributed by atoms with van der Waals surface area (Å²) in [6, 6.07) is 13.9. The van der Waals surface area contributed by atoms with E-state index < -0.39 is 5.97 Å². The van der Waals surface area contributed by atoms with Crippen molar-refractivity contribution in [1.82, 2.24) is 4.98 Å². The molecular weight excluding hydrogens is 332 g/mol. The molecule has 1 amide bonds. The Morgan fingerprint density at radius 1 is 1.08 bits per heavy atom. The van der Waals surface area contributed by atoms with Crippen LogP contribution in [0.15, 0.2) is 65.5 Å². The minimum atomic E-state index is -0.445. The lowest BCUT2D eigenvalue weighted by Crippen LogP contribution is -2.23. The van der Waals surface area contributed by atoms with Crippen LogP contribution in [0.3, 0.4) is 0 Å². The maximum absolute atomic E-state index is 12.3. The van der Waals surface area contributed by atoms with Gasteiger partial charge in [0.25, 0.3) is 0 Å². The van der Waals surface area contributed by atoms with Crippen molar-refractivity contribution in [2.24, 2.45) is 0 Å². The second-order valence-electron chi connectivity index (χ2n) is 5.98. The molecule has 1 saturated heterocycles. The molecule has 3 aromatic rings. The average molecular weight is 348 g/mol. The van der Waals surface area contributed by atoms with Gasteiger partial charge in [-0.3, -0.25) is 4.79 Å². The molecule has 0 spiro atoms. The third-order valence-corrected chi connectivity index (χ3v) is 4.27. The van der Waals surface area contributed by atoms with Crippen molar-refractivity contribution in [3.8, 4) is 17.1 Å². The summed E-state index contributed by atoms with van der Waals surface area (Å²) < 4.78 is 10.6. The number of carbonyl (C=O) groups excluding carboxylic acids is 2. The van der Waals surface area contributed by atoms with Crippen LogP contribution in [0.2, 0.25) is 0 Å². The third-order valence-electron chi connectivity index (χ3n) is 4.27. The maximum Gasteiger partial charge on any atom is 0.343 e. The monoisotopic (exact) mass is 348 g/mol. The third kappa shape index (κ3) is 3.21. The molecule has 2 heterocycles. The number of rotatable bonds is 4. The number of hydrogen-bond donors (Lipinski definition) is 0. The molecule has 0 bridgehead atoms. The van der Waals surface area contributed by atoms with E-state index >= 15 is 0 Å². The first-order valence-electron chi connectivity index (χ1n) is 8.32. The van der Waals surface area contributed by atoms with Gasteiger partial charge in [0.15, 0.2) is 12.2 Å². The van der Waals surface area contributed by atoms with E-state index in [2.05, 4.69) is 4.98 Å². The van der Waals surface area contributed by atoms with Crippen LogP contribution >= 0.6 is 0 Å². The molecule has 1 aromatic heterocycles. The molecule has 0 atom stereocenters. The molecule has 2 aromatic carbocycles. The van der Waals surface area contributed by atoms with E-state index in [1.54, 1.807) is 59.6 Å². The van der Waals surface area contributed by atoms with Gasteiger partial charge in [0.1, 0.15) is 5.75 Å². The van der Waals surface area contributed by atoms with Crippen molar-refractivity contribution in [2.45, 2.75) is 12.8 Å². The van der Waals surface area contributed by atoms with Crippen LogP contribution < -0.4 is 9.64 Å². The van der Waals surface area contributed by atoms with Crippen molar-refractivity contribution in [3.63, 3.8) is 0 Å². The van der Waals surface area contributed by atoms with Gasteiger partial charge in [-0.15, -0.1) is 0 Å². The quantitative estimate of drug-likeness (QED) is 0.531. The summed E-state index contributed by atoms with van der Waals surface area (Å²) in [7, 11) is 0. The van der Waals surface area contributed by atoms with Gasteiger partial charge in [0, 0.05) is 24.2 Å². The SMILES string of the molecule is O=C(Oc1ccc(N2CCCC2=O)cc1)c1ccc(-c2cnco2)cc1. The summed E-state index contributed by atoms with van der Waals surface area (Å²) >= 11 is 0. The molecule has 1 aliphatic rings. The van der Waals surface area contributed by atoms with Crippen molar-refractivity contribution in [3.05, 3.63) is 66.7 Å². The molecule has 0 radical (unpaired) electrons. The van der Waals surface area contributed by atoms with Gasteiger partial charge in [-0.05, 0) is 42.8 Å². The average Bonchev–Trinajstić information content (AvgIpc) is 3.34. The predicted molar refractivity (Wildman–Crippen MR) is 94.9 cm³/mol. The first-order chi connectivity index (χ1) is 12.7. The number of carbonyl (C=O) groups is 2. The molecule has 0 aliphatic carbocycles. The molecular formula is C20H16N2O4. The zero-order chi connectivity index (χ0) is 17.9. The van der Waals surface area contributed by atoms with Crippen molar-refractivity contribution in [1.29, 1.82) is 0 Å². The fourth-order valence-electron chi connectivity index (χ4n) is 2.91. The Balaban J connectivity index is 1.43. The smallest absolute Gasteiger partial charge is 0.343 e. The highest BCUT2D eigenvalue weighted by Gasteiger charge is 2.21. The second-order valence-corrected chi connectivity index (χ2v) is 5.98. The number of oxazole rings is 1. The molecule has 6 heteroatoms. The lowest BCUT2D eigenvalue weighted by molar-refractivity contribution is -0.117. The van der Waals surface area contributed by atoms with Gasteiger partial charge in [-0.2, -0.15) is 0 Å². The summed E-state index contributed by atoms with van der Waals surface area (Å²) in [5.41, 5.74) is 2.09. The molecule has 1 fully saturated rings. The van der Waals surface area contributed by atoms with E-state index in [1.165, 1.54) is 6.39 Å². The first-order valence-corrected chi connectivity index (χ1v) is 8.32. The summed E-state index contributed by atoms with van der Waals surface area (Å²) in [5.74, 6) is 0.752. The second kappa shape index (κ2) is 6.84. The van der Waals surface area contributed by atoms with Crippen molar-refractivity contribution >= 4 is 17.6 Å². The Kier molecular flexibility index (Phi) is 4.23. The Bertz CT molecular complexity index is 915. The Labute approximate surface area is 150 Å². The lowest BCUT2D eigenvalue weighted by Gasteiger charge is -2.15. The lowest BCUT2D eigenvalue weighted by atomic mass is 10.1. The number of benzene rings is 2. The van der Waals surface area contributed by atoms with Crippen LogP contribution in [0.5, 0.6) is 5.75 Å². The fraction of sp³-hybridized carbons (Fsp3) is 0.150. The van der Waals surface area contributed by atoms with Crippen LogP contribution in [-0.2, 0) is 4.79 Å². The minimum Gasteiger partial charge on any atom is -0.444 e. The highest BCUT2D eigenvalue weighted by atomic mass is 16.5. The Morgan fingerprint density at radius 3 is 2.46 bits per heavy atom. The standard InChI is InChI=1S/C20H16N2O4/c23-19-2-1-11-22(19)16-7-9-17(10-8-16)26-20(24)15-5-3-14(4-6-15)18-12-21-13-25-18/h3-10,12-13H,1-2,11H2. The highest BCUT2D eigenvalue weighted by Crippen LogP contribution is 2.25. The molecule has 0 unspecified atom stereocenters. The molecule has 1 aliphatic heterocycles. The summed E-state index contributed by atoms with van der Waals surface area (Å²) in [6.45, 7) is 0.732. The van der Waals surface area contributed by atoms with Crippen LogP contribution in [0.25, 0.3) is 11.3 Å². The number of aromatic nitrogens is 1. The van der Waals surface area contributed by atoms with E-state index in [-0.39, 0.29) is 5.91 Å². The normalized spacial score (nSPS) is 13.8. The maximum atomic E-state index is 12.3. The number of ether oxygens (including phenoxy) is 1. The topological polar surface area (TPSA) is 72.6 Å². The zero-order valence-electron chi connectivity index (χ0n) is 13.9. The van der Waals surface area contributed by atoms with E-state index in [0.29, 0.717) is 23.5 Å². The van der Waals surface area contributed by atoms with Crippen LogP contribution in [-0.4, -0.2) is 23.4 Å². The summed E-state index contributed by atoms with van der Waals surface area (Å²) in [5, 5.41) is 0. The summed E-state index contributed by atoms with van der Waals surface area (Å²) in [4.78, 5) is 29.7. The molecule has 6 nitrogen and oxygen atoms in total. The highest BCUT2D eigenvalue weighted by molar-refractivity contribution is 5.95. The predicted octanol–water partition coefficient (Wildman–Crippen LogP) is 3.69. The van der Waals surface area contributed by atoms with Gasteiger partial charge in [-0.1, -0.05) is 12.1 Å². The van der Waals surface area contributed by atoms with Crippen molar-refractivity contribution in [2.75, 3.05) is 11.4 Å². The number of hydrogen-bond acceptors (Lipinski definition) is 5. The zero-order valence-corrected chi connectivity index (χ0v) is 13.9. The Hall–Kier alpha value is -3.41. The van der Waals surface area contributed by atoms with Gasteiger partial charge in [-0.25, -0.2) is 9.78 Å². The van der Waals surface area contributed by atoms with Gasteiger partial charge in [0.05, 0.1) is 11.8 Å². The minimum absolute atomic E-state index is 0.126. The molecule has 0 N–H and O–H groups in total. The number of amides is 1. The van der Waals surface area contributed by atoms with Crippen molar-refractivity contribution < 1.29 is 18.7 Å². The van der Waals surface area contributed by atoms with E-state index in [0.717, 1.165) is 24.2 Å².